The van der Waals surface area contributed by atoms with Gasteiger partial charge in [-0.25, -0.2) is 4.79 Å². The Hall–Kier alpha value is -2.82. The van der Waals surface area contributed by atoms with Gasteiger partial charge in [-0.1, -0.05) is 24.3 Å². The summed E-state index contributed by atoms with van der Waals surface area (Å²) in [5, 5.41) is 15.1. The highest BCUT2D eigenvalue weighted by atomic mass is 16.4. The van der Waals surface area contributed by atoms with Gasteiger partial charge in [0.2, 0.25) is 0 Å². The molecule has 21 heavy (non-hydrogen) atoms. The molecule has 1 aliphatic rings. The quantitative estimate of drug-likeness (QED) is 0.791. The molecule has 0 aromatic heterocycles. The van der Waals surface area contributed by atoms with Crippen molar-refractivity contribution in [2.45, 2.75) is 13.1 Å². The van der Waals surface area contributed by atoms with E-state index in [-0.39, 0.29) is 17.6 Å². The number of carboxylic acid groups (broad SMARTS) is 1. The summed E-state index contributed by atoms with van der Waals surface area (Å²) in [5.74, 6) is -1.11. The first kappa shape index (κ1) is 13.2. The molecule has 3 rings (SSSR count). The molecule has 0 radical (unpaired) electrons. The molecule has 0 unspecified atom stereocenters. The number of anilines is 1. The van der Waals surface area contributed by atoms with E-state index in [4.69, 9.17) is 5.11 Å². The molecular formula is C16H14N2O3. The van der Waals surface area contributed by atoms with E-state index < -0.39 is 5.97 Å². The predicted molar refractivity (Wildman–Crippen MR) is 78.4 cm³/mol. The van der Waals surface area contributed by atoms with Crippen molar-refractivity contribution >= 4 is 17.6 Å². The Morgan fingerprint density at radius 1 is 1.10 bits per heavy atom. The lowest BCUT2D eigenvalue weighted by molar-refractivity contribution is 0.0696. The van der Waals surface area contributed by atoms with Crippen LogP contribution in [0.5, 0.6) is 0 Å². The number of carboxylic acids is 1. The third-order valence-electron chi connectivity index (χ3n) is 3.57. The number of aromatic carboxylic acids is 1. The van der Waals surface area contributed by atoms with Gasteiger partial charge in [0.25, 0.3) is 5.91 Å². The Morgan fingerprint density at radius 3 is 2.48 bits per heavy atom. The number of hydrogen-bond acceptors (Lipinski definition) is 3. The monoisotopic (exact) mass is 282 g/mol. The second kappa shape index (κ2) is 4.94. The number of fused-ring (bicyclic) bond motifs is 1. The van der Waals surface area contributed by atoms with Crippen molar-refractivity contribution < 1.29 is 14.7 Å². The van der Waals surface area contributed by atoms with Gasteiger partial charge < -0.3 is 15.7 Å². The number of benzene rings is 2. The molecular weight excluding hydrogens is 268 g/mol. The predicted octanol–water partition coefficient (Wildman–Crippen LogP) is 2.55. The number of rotatable bonds is 2. The van der Waals surface area contributed by atoms with Gasteiger partial charge in [0.15, 0.2) is 0 Å². The van der Waals surface area contributed by atoms with Crippen LogP contribution in [-0.2, 0) is 0 Å². The molecule has 106 valence electrons. The third kappa shape index (κ3) is 2.33. The van der Waals surface area contributed by atoms with Gasteiger partial charge >= 0.3 is 5.97 Å². The van der Waals surface area contributed by atoms with E-state index in [1.165, 1.54) is 12.1 Å². The molecule has 5 heteroatoms. The van der Waals surface area contributed by atoms with E-state index >= 15 is 0 Å². The van der Waals surface area contributed by atoms with Gasteiger partial charge in [0.05, 0.1) is 16.8 Å². The molecule has 2 aromatic rings. The SMILES string of the molecule is Cc1cccc2c1N[C@@H](c1ccc(C(=O)O)cc1)NC2=O. The van der Waals surface area contributed by atoms with Crippen LogP contribution < -0.4 is 10.6 Å². The number of amides is 1. The summed E-state index contributed by atoms with van der Waals surface area (Å²) in [6.45, 7) is 1.94. The van der Waals surface area contributed by atoms with E-state index in [2.05, 4.69) is 10.6 Å². The van der Waals surface area contributed by atoms with Crippen LogP contribution in [0.4, 0.5) is 5.69 Å². The van der Waals surface area contributed by atoms with E-state index in [1.807, 2.05) is 19.1 Å². The number of nitrogens with one attached hydrogen (secondary N) is 2. The molecule has 3 N–H and O–H groups in total. The molecule has 0 spiro atoms. The second-order valence-corrected chi connectivity index (χ2v) is 4.98. The molecule has 0 saturated heterocycles. The van der Waals surface area contributed by atoms with Crippen LogP contribution in [0.25, 0.3) is 0 Å². The number of carbonyl (C=O) groups excluding carboxylic acids is 1. The van der Waals surface area contributed by atoms with Gasteiger partial charge in [-0.15, -0.1) is 0 Å². The summed E-state index contributed by atoms with van der Waals surface area (Å²) in [4.78, 5) is 23.0. The minimum atomic E-state index is -0.969. The molecule has 0 bridgehead atoms. The minimum Gasteiger partial charge on any atom is -0.478 e. The number of hydrogen-bond donors (Lipinski definition) is 3. The van der Waals surface area contributed by atoms with Crippen molar-refractivity contribution in [2.75, 3.05) is 5.32 Å². The van der Waals surface area contributed by atoms with E-state index in [0.717, 1.165) is 16.8 Å². The van der Waals surface area contributed by atoms with Crippen LogP contribution in [0.1, 0.15) is 38.0 Å². The number of aryl methyl sites for hydroxylation is 1. The lowest BCUT2D eigenvalue weighted by Crippen LogP contribution is -2.38. The first-order valence-electron chi connectivity index (χ1n) is 6.56. The fourth-order valence-electron chi connectivity index (χ4n) is 2.42. The average molecular weight is 282 g/mol. The third-order valence-corrected chi connectivity index (χ3v) is 3.57. The van der Waals surface area contributed by atoms with Gasteiger partial charge in [0, 0.05) is 0 Å². The zero-order valence-electron chi connectivity index (χ0n) is 11.4. The van der Waals surface area contributed by atoms with Crippen LogP contribution >= 0.6 is 0 Å². The zero-order valence-corrected chi connectivity index (χ0v) is 11.4. The summed E-state index contributed by atoms with van der Waals surface area (Å²) < 4.78 is 0. The molecule has 1 aliphatic heterocycles. The van der Waals surface area contributed by atoms with Crippen LogP contribution in [-0.4, -0.2) is 17.0 Å². The number of carbonyl (C=O) groups is 2. The molecule has 1 heterocycles. The summed E-state index contributed by atoms with van der Waals surface area (Å²) in [6, 6.07) is 12.0. The van der Waals surface area contributed by atoms with Crippen molar-refractivity contribution in [3.63, 3.8) is 0 Å². The lowest BCUT2D eigenvalue weighted by atomic mass is 10.0. The lowest BCUT2D eigenvalue weighted by Gasteiger charge is -2.29. The molecule has 0 fully saturated rings. The number of para-hydroxylation sites is 1. The molecule has 1 amide bonds. The van der Waals surface area contributed by atoms with Crippen molar-refractivity contribution in [3.8, 4) is 0 Å². The van der Waals surface area contributed by atoms with Crippen LogP contribution in [0.2, 0.25) is 0 Å². The Kier molecular flexibility index (Phi) is 3.10. The molecule has 0 saturated carbocycles. The highest BCUT2D eigenvalue weighted by Crippen LogP contribution is 2.29. The topological polar surface area (TPSA) is 78.4 Å². The highest BCUT2D eigenvalue weighted by molar-refractivity contribution is 6.02. The first-order chi connectivity index (χ1) is 10.1. The standard InChI is InChI=1S/C16H14N2O3/c1-9-3-2-4-12-13(9)17-14(18-15(12)19)10-5-7-11(8-6-10)16(20)21/h2-8,14,17H,1H3,(H,18,19)(H,20,21)/t14-/m1/s1. The van der Waals surface area contributed by atoms with Crippen molar-refractivity contribution in [3.05, 3.63) is 64.7 Å². The minimum absolute atomic E-state index is 0.139. The van der Waals surface area contributed by atoms with E-state index in [9.17, 15) is 9.59 Å². The fourth-order valence-corrected chi connectivity index (χ4v) is 2.42. The molecule has 1 atom stereocenters. The Labute approximate surface area is 121 Å². The summed E-state index contributed by atoms with van der Waals surface area (Å²) in [5.41, 5.74) is 3.45. The largest absolute Gasteiger partial charge is 0.478 e. The summed E-state index contributed by atoms with van der Waals surface area (Å²) in [6.07, 6.45) is -0.367. The van der Waals surface area contributed by atoms with Gasteiger partial charge in [-0.3, -0.25) is 4.79 Å². The van der Waals surface area contributed by atoms with Crippen LogP contribution in [0, 0.1) is 6.92 Å². The Morgan fingerprint density at radius 2 is 1.81 bits per heavy atom. The summed E-state index contributed by atoms with van der Waals surface area (Å²) in [7, 11) is 0. The Bertz CT molecular complexity index is 723. The Balaban J connectivity index is 1.93. The second-order valence-electron chi connectivity index (χ2n) is 4.98. The zero-order chi connectivity index (χ0) is 15.0. The van der Waals surface area contributed by atoms with Gasteiger partial charge in [0.1, 0.15) is 6.17 Å². The van der Waals surface area contributed by atoms with Gasteiger partial charge in [-0.2, -0.15) is 0 Å². The smallest absolute Gasteiger partial charge is 0.335 e. The van der Waals surface area contributed by atoms with Crippen molar-refractivity contribution in [2.24, 2.45) is 0 Å². The maximum absolute atomic E-state index is 12.2. The van der Waals surface area contributed by atoms with E-state index in [0.29, 0.717) is 5.56 Å². The van der Waals surface area contributed by atoms with E-state index in [1.54, 1.807) is 18.2 Å². The first-order valence-corrected chi connectivity index (χ1v) is 6.56. The highest BCUT2D eigenvalue weighted by Gasteiger charge is 2.25. The van der Waals surface area contributed by atoms with Crippen molar-refractivity contribution in [1.82, 2.24) is 5.32 Å². The molecule has 0 aliphatic carbocycles. The van der Waals surface area contributed by atoms with Crippen LogP contribution in [0.3, 0.4) is 0 Å². The average Bonchev–Trinajstić information content (AvgIpc) is 2.48. The van der Waals surface area contributed by atoms with Crippen LogP contribution in [0.15, 0.2) is 42.5 Å². The fraction of sp³-hybridized carbons (Fsp3) is 0.125. The maximum atomic E-state index is 12.2. The molecule has 5 nitrogen and oxygen atoms in total. The normalized spacial score (nSPS) is 16.6. The molecule has 2 aromatic carbocycles. The summed E-state index contributed by atoms with van der Waals surface area (Å²) >= 11 is 0. The van der Waals surface area contributed by atoms with Crippen molar-refractivity contribution in [1.29, 1.82) is 0 Å². The maximum Gasteiger partial charge on any atom is 0.335 e. The van der Waals surface area contributed by atoms with Gasteiger partial charge in [-0.05, 0) is 36.2 Å².